The van der Waals surface area contributed by atoms with E-state index in [0.717, 1.165) is 16.8 Å². The van der Waals surface area contributed by atoms with Crippen molar-refractivity contribution >= 4 is 15.7 Å². The van der Waals surface area contributed by atoms with Gasteiger partial charge in [0.25, 0.3) is 0 Å². The molecule has 1 aromatic carbocycles. The van der Waals surface area contributed by atoms with E-state index in [0.29, 0.717) is 16.5 Å². The van der Waals surface area contributed by atoms with Crippen molar-refractivity contribution in [1.82, 2.24) is 15.0 Å². The minimum atomic E-state index is -3.19. The third-order valence-electron chi connectivity index (χ3n) is 3.97. The molecule has 0 spiro atoms. The summed E-state index contributed by atoms with van der Waals surface area (Å²) in [6, 6.07) is 12.4. The number of pyridine rings is 1. The maximum Gasteiger partial charge on any atom is 0.175 e. The lowest BCUT2D eigenvalue weighted by atomic mass is 10.1. The molecule has 2 aromatic heterocycles. The molecule has 2 heterocycles. The van der Waals surface area contributed by atoms with Crippen LogP contribution in [0.3, 0.4) is 0 Å². The predicted molar refractivity (Wildman–Crippen MR) is 102 cm³/mol. The average molecular weight is 368 g/mol. The van der Waals surface area contributed by atoms with E-state index < -0.39 is 9.84 Å². The predicted octanol–water partition coefficient (Wildman–Crippen LogP) is 3.42. The van der Waals surface area contributed by atoms with Gasteiger partial charge in [0, 0.05) is 42.0 Å². The van der Waals surface area contributed by atoms with Crippen LogP contribution in [0.15, 0.2) is 59.8 Å². The minimum Gasteiger partial charge on any atom is -0.363 e. The topological polar surface area (TPSA) is 84.8 Å². The van der Waals surface area contributed by atoms with Crippen molar-refractivity contribution in [2.24, 2.45) is 0 Å². The number of anilines is 1. The van der Waals surface area contributed by atoms with Crippen LogP contribution in [0.25, 0.3) is 11.4 Å². The molecule has 3 aromatic rings. The Balaban J connectivity index is 1.83. The standard InChI is InChI=1S/C19H20N4O2S/c1-13-12-18(23-19(21-13)16-8-10-20-11-9-16)22-14(2)15-4-6-17(7-5-15)26(3,24)25/h4-12,14H,1-3H3,(H,21,22,23). The summed E-state index contributed by atoms with van der Waals surface area (Å²) in [7, 11) is -3.19. The Morgan fingerprint density at radius 3 is 2.27 bits per heavy atom. The van der Waals surface area contributed by atoms with Gasteiger partial charge in [-0.05, 0) is 43.7 Å². The first kappa shape index (κ1) is 18.0. The maximum atomic E-state index is 11.6. The smallest absolute Gasteiger partial charge is 0.175 e. The highest BCUT2D eigenvalue weighted by molar-refractivity contribution is 7.90. The van der Waals surface area contributed by atoms with E-state index in [1.807, 2.05) is 44.2 Å². The summed E-state index contributed by atoms with van der Waals surface area (Å²) in [5, 5.41) is 3.35. The Kier molecular flexibility index (Phi) is 4.99. The Morgan fingerprint density at radius 2 is 1.65 bits per heavy atom. The van der Waals surface area contributed by atoms with Gasteiger partial charge >= 0.3 is 0 Å². The summed E-state index contributed by atoms with van der Waals surface area (Å²) in [5.41, 5.74) is 2.73. The highest BCUT2D eigenvalue weighted by Crippen LogP contribution is 2.22. The van der Waals surface area contributed by atoms with E-state index in [1.54, 1.807) is 24.5 Å². The number of aryl methyl sites for hydroxylation is 1. The summed E-state index contributed by atoms with van der Waals surface area (Å²) in [5.74, 6) is 1.35. The van der Waals surface area contributed by atoms with E-state index in [4.69, 9.17) is 0 Å². The fraction of sp³-hybridized carbons (Fsp3) is 0.211. The van der Waals surface area contributed by atoms with Crippen LogP contribution in [0.4, 0.5) is 5.82 Å². The summed E-state index contributed by atoms with van der Waals surface area (Å²) in [4.78, 5) is 13.4. The summed E-state index contributed by atoms with van der Waals surface area (Å²) < 4.78 is 23.2. The number of aromatic nitrogens is 3. The van der Waals surface area contributed by atoms with Gasteiger partial charge in [-0.25, -0.2) is 18.4 Å². The monoisotopic (exact) mass is 368 g/mol. The minimum absolute atomic E-state index is 0.0387. The van der Waals surface area contributed by atoms with Gasteiger partial charge < -0.3 is 5.32 Å². The van der Waals surface area contributed by atoms with Gasteiger partial charge in [-0.3, -0.25) is 4.98 Å². The number of rotatable bonds is 5. The summed E-state index contributed by atoms with van der Waals surface area (Å²) >= 11 is 0. The first-order valence-electron chi connectivity index (χ1n) is 8.15. The molecule has 0 fully saturated rings. The molecule has 0 saturated carbocycles. The fourth-order valence-corrected chi connectivity index (χ4v) is 3.21. The number of benzene rings is 1. The molecule has 26 heavy (non-hydrogen) atoms. The summed E-state index contributed by atoms with van der Waals surface area (Å²) in [6.07, 6.45) is 4.62. The van der Waals surface area contributed by atoms with E-state index in [-0.39, 0.29) is 6.04 Å². The van der Waals surface area contributed by atoms with E-state index in [9.17, 15) is 8.42 Å². The Morgan fingerprint density at radius 1 is 1.00 bits per heavy atom. The molecule has 1 N–H and O–H groups in total. The van der Waals surface area contributed by atoms with E-state index in [2.05, 4.69) is 20.3 Å². The Bertz CT molecular complexity index is 1000. The van der Waals surface area contributed by atoms with Gasteiger partial charge in [-0.2, -0.15) is 0 Å². The van der Waals surface area contributed by atoms with Crippen LogP contribution in [0.1, 0.15) is 24.2 Å². The zero-order valence-corrected chi connectivity index (χ0v) is 15.7. The average Bonchev–Trinajstić information content (AvgIpc) is 2.61. The summed E-state index contributed by atoms with van der Waals surface area (Å²) in [6.45, 7) is 3.92. The molecule has 0 aliphatic rings. The van der Waals surface area contributed by atoms with Crippen LogP contribution in [0.5, 0.6) is 0 Å². The van der Waals surface area contributed by atoms with Gasteiger partial charge in [0.2, 0.25) is 0 Å². The lowest BCUT2D eigenvalue weighted by molar-refractivity contribution is 0.602. The molecule has 0 amide bonds. The van der Waals surface area contributed by atoms with Gasteiger partial charge in [0.05, 0.1) is 4.90 Å². The van der Waals surface area contributed by atoms with Crippen LogP contribution in [-0.2, 0) is 9.84 Å². The van der Waals surface area contributed by atoms with Crippen molar-refractivity contribution < 1.29 is 8.42 Å². The van der Waals surface area contributed by atoms with Crippen molar-refractivity contribution in [3.05, 3.63) is 66.1 Å². The lowest BCUT2D eigenvalue weighted by Crippen LogP contribution is -2.09. The molecule has 6 nitrogen and oxygen atoms in total. The van der Waals surface area contributed by atoms with Crippen LogP contribution in [0.2, 0.25) is 0 Å². The van der Waals surface area contributed by atoms with Crippen LogP contribution in [-0.4, -0.2) is 29.6 Å². The number of nitrogens with one attached hydrogen (secondary N) is 1. The second-order valence-electron chi connectivity index (χ2n) is 6.16. The van der Waals surface area contributed by atoms with Gasteiger partial charge in [-0.1, -0.05) is 12.1 Å². The van der Waals surface area contributed by atoms with Crippen molar-refractivity contribution in [2.75, 3.05) is 11.6 Å². The molecule has 0 aliphatic carbocycles. The number of hydrogen-bond acceptors (Lipinski definition) is 6. The highest BCUT2D eigenvalue weighted by atomic mass is 32.2. The SMILES string of the molecule is Cc1cc(NC(C)c2ccc(S(C)(=O)=O)cc2)nc(-c2ccncc2)n1. The molecular formula is C19H20N4O2S. The molecule has 1 unspecified atom stereocenters. The molecule has 3 rings (SSSR count). The number of sulfone groups is 1. The normalized spacial score (nSPS) is 12.6. The Labute approximate surface area is 153 Å². The first-order valence-corrected chi connectivity index (χ1v) is 10.0. The van der Waals surface area contributed by atoms with Crippen molar-refractivity contribution in [2.45, 2.75) is 24.8 Å². The third-order valence-corrected chi connectivity index (χ3v) is 5.09. The lowest BCUT2D eigenvalue weighted by Gasteiger charge is -2.16. The molecule has 1 atom stereocenters. The Hall–Kier alpha value is -2.80. The molecule has 134 valence electrons. The van der Waals surface area contributed by atoms with Crippen molar-refractivity contribution in [3.8, 4) is 11.4 Å². The third kappa shape index (κ3) is 4.23. The zero-order chi connectivity index (χ0) is 18.7. The number of nitrogens with zero attached hydrogens (tertiary/aromatic N) is 3. The molecule has 7 heteroatoms. The molecule has 0 bridgehead atoms. The van der Waals surface area contributed by atoms with Gasteiger partial charge in [-0.15, -0.1) is 0 Å². The largest absolute Gasteiger partial charge is 0.363 e. The first-order chi connectivity index (χ1) is 12.3. The second kappa shape index (κ2) is 7.21. The van der Waals surface area contributed by atoms with Crippen LogP contribution < -0.4 is 5.32 Å². The number of hydrogen-bond donors (Lipinski definition) is 1. The van der Waals surface area contributed by atoms with E-state index in [1.165, 1.54) is 6.26 Å². The molecule has 0 radical (unpaired) electrons. The zero-order valence-electron chi connectivity index (χ0n) is 14.8. The highest BCUT2D eigenvalue weighted by Gasteiger charge is 2.11. The van der Waals surface area contributed by atoms with Crippen molar-refractivity contribution in [1.29, 1.82) is 0 Å². The second-order valence-corrected chi connectivity index (χ2v) is 8.18. The molecule has 0 saturated heterocycles. The quantitative estimate of drug-likeness (QED) is 0.743. The van der Waals surface area contributed by atoms with Crippen LogP contribution in [0, 0.1) is 6.92 Å². The van der Waals surface area contributed by atoms with E-state index >= 15 is 0 Å². The molecule has 0 aliphatic heterocycles. The fourth-order valence-electron chi connectivity index (χ4n) is 2.58. The molecular weight excluding hydrogens is 348 g/mol. The maximum absolute atomic E-state index is 11.6. The van der Waals surface area contributed by atoms with Gasteiger partial charge in [0.15, 0.2) is 15.7 Å². The van der Waals surface area contributed by atoms with Gasteiger partial charge in [0.1, 0.15) is 5.82 Å². The van der Waals surface area contributed by atoms with Crippen molar-refractivity contribution in [3.63, 3.8) is 0 Å². The van der Waals surface area contributed by atoms with Crippen LogP contribution >= 0.6 is 0 Å².